The standard InChI is InChI=1S/C20H21BrN2O2/c21-18-6-1-16(2-7-18)5-10-20(24)22-15-17-3-8-19(9-4-17)23-11-13-25-14-12-23/h1-10H,11-15H2,(H,22,24)/b10-5+. The molecule has 0 atom stereocenters. The van der Waals surface area contributed by atoms with Gasteiger partial charge in [-0.3, -0.25) is 4.79 Å². The van der Waals surface area contributed by atoms with Gasteiger partial charge in [0.1, 0.15) is 0 Å². The second-order valence-electron chi connectivity index (χ2n) is 5.87. The number of benzene rings is 2. The Labute approximate surface area is 156 Å². The molecule has 0 radical (unpaired) electrons. The molecule has 2 aromatic carbocycles. The first kappa shape index (κ1) is 17.7. The SMILES string of the molecule is O=C(/C=C/c1ccc(Br)cc1)NCc1ccc(N2CCOCC2)cc1. The van der Waals surface area contributed by atoms with Gasteiger partial charge in [0.05, 0.1) is 13.2 Å². The summed E-state index contributed by atoms with van der Waals surface area (Å²) in [6.07, 6.45) is 3.37. The number of carbonyl (C=O) groups is 1. The zero-order valence-corrected chi connectivity index (χ0v) is 15.5. The van der Waals surface area contributed by atoms with Gasteiger partial charge >= 0.3 is 0 Å². The van der Waals surface area contributed by atoms with Crippen molar-refractivity contribution in [3.05, 3.63) is 70.2 Å². The highest BCUT2D eigenvalue weighted by Gasteiger charge is 2.10. The van der Waals surface area contributed by atoms with Crippen molar-refractivity contribution in [2.24, 2.45) is 0 Å². The number of nitrogens with one attached hydrogen (secondary N) is 1. The molecule has 0 unspecified atom stereocenters. The van der Waals surface area contributed by atoms with Crippen LogP contribution < -0.4 is 10.2 Å². The first-order valence-electron chi connectivity index (χ1n) is 8.34. The molecule has 4 nitrogen and oxygen atoms in total. The van der Waals surface area contributed by atoms with E-state index < -0.39 is 0 Å². The summed E-state index contributed by atoms with van der Waals surface area (Å²) in [6.45, 7) is 3.94. The molecule has 0 aliphatic carbocycles. The van der Waals surface area contributed by atoms with Crippen molar-refractivity contribution in [2.75, 3.05) is 31.2 Å². The average molecular weight is 401 g/mol. The van der Waals surface area contributed by atoms with E-state index in [0.29, 0.717) is 6.54 Å². The number of carbonyl (C=O) groups excluding carboxylic acids is 1. The third kappa shape index (κ3) is 5.44. The number of anilines is 1. The van der Waals surface area contributed by atoms with E-state index in [1.165, 1.54) is 5.69 Å². The van der Waals surface area contributed by atoms with Crippen LogP contribution in [0.5, 0.6) is 0 Å². The van der Waals surface area contributed by atoms with Gasteiger partial charge in [-0.15, -0.1) is 0 Å². The molecule has 25 heavy (non-hydrogen) atoms. The molecule has 1 aliphatic rings. The van der Waals surface area contributed by atoms with Crippen LogP contribution in [0.4, 0.5) is 5.69 Å². The fraction of sp³-hybridized carbons (Fsp3) is 0.250. The maximum Gasteiger partial charge on any atom is 0.244 e. The maximum atomic E-state index is 11.9. The minimum absolute atomic E-state index is 0.0971. The lowest BCUT2D eigenvalue weighted by molar-refractivity contribution is -0.116. The Morgan fingerprint density at radius 3 is 2.44 bits per heavy atom. The van der Waals surface area contributed by atoms with Gasteiger partial charge in [-0.05, 0) is 41.5 Å². The third-order valence-electron chi connectivity index (χ3n) is 4.08. The van der Waals surface area contributed by atoms with E-state index in [9.17, 15) is 4.79 Å². The molecule has 130 valence electrons. The van der Waals surface area contributed by atoms with E-state index in [1.54, 1.807) is 6.08 Å². The van der Waals surface area contributed by atoms with Gasteiger partial charge in [-0.25, -0.2) is 0 Å². The molecule has 3 rings (SSSR count). The molecule has 1 heterocycles. The molecule has 1 saturated heterocycles. The number of hydrogen-bond donors (Lipinski definition) is 1. The molecule has 1 N–H and O–H groups in total. The minimum atomic E-state index is -0.0971. The fourth-order valence-electron chi connectivity index (χ4n) is 2.64. The van der Waals surface area contributed by atoms with Crippen molar-refractivity contribution in [1.82, 2.24) is 5.32 Å². The molecule has 0 aromatic heterocycles. The van der Waals surface area contributed by atoms with E-state index in [4.69, 9.17) is 4.74 Å². The summed E-state index contributed by atoms with van der Waals surface area (Å²) < 4.78 is 6.40. The van der Waals surface area contributed by atoms with Crippen molar-refractivity contribution in [3.63, 3.8) is 0 Å². The predicted molar refractivity (Wildman–Crippen MR) is 104 cm³/mol. The van der Waals surface area contributed by atoms with Gasteiger partial charge in [0.2, 0.25) is 5.91 Å². The van der Waals surface area contributed by atoms with E-state index in [-0.39, 0.29) is 5.91 Å². The topological polar surface area (TPSA) is 41.6 Å². The number of morpholine rings is 1. The van der Waals surface area contributed by atoms with Crippen LogP contribution in [-0.2, 0) is 16.1 Å². The monoisotopic (exact) mass is 400 g/mol. The highest BCUT2D eigenvalue weighted by atomic mass is 79.9. The molecular weight excluding hydrogens is 380 g/mol. The first-order valence-corrected chi connectivity index (χ1v) is 9.13. The number of halogens is 1. The van der Waals surface area contributed by atoms with Crippen LogP contribution in [0.3, 0.4) is 0 Å². The maximum absolute atomic E-state index is 11.9. The van der Waals surface area contributed by atoms with Crippen LogP contribution in [0.1, 0.15) is 11.1 Å². The smallest absolute Gasteiger partial charge is 0.244 e. The summed E-state index contributed by atoms with van der Waals surface area (Å²) >= 11 is 3.39. The highest BCUT2D eigenvalue weighted by Crippen LogP contribution is 2.16. The van der Waals surface area contributed by atoms with Crippen LogP contribution in [0.25, 0.3) is 6.08 Å². The van der Waals surface area contributed by atoms with Gasteiger partial charge < -0.3 is 15.0 Å². The van der Waals surface area contributed by atoms with E-state index in [0.717, 1.165) is 41.9 Å². The van der Waals surface area contributed by atoms with E-state index in [1.807, 2.05) is 30.3 Å². The summed E-state index contributed by atoms with van der Waals surface area (Å²) in [5, 5.41) is 2.91. The van der Waals surface area contributed by atoms with Gasteiger partial charge in [0.25, 0.3) is 0 Å². The first-order chi connectivity index (χ1) is 12.2. The minimum Gasteiger partial charge on any atom is -0.378 e. The zero-order chi connectivity index (χ0) is 17.5. The Balaban J connectivity index is 1.49. The second-order valence-corrected chi connectivity index (χ2v) is 6.78. The van der Waals surface area contributed by atoms with Crippen molar-refractivity contribution in [3.8, 4) is 0 Å². The Morgan fingerprint density at radius 2 is 1.76 bits per heavy atom. The summed E-state index contributed by atoms with van der Waals surface area (Å²) in [6, 6.07) is 16.1. The Morgan fingerprint density at radius 1 is 1.08 bits per heavy atom. The lowest BCUT2D eigenvalue weighted by Gasteiger charge is -2.28. The molecule has 1 aliphatic heterocycles. The van der Waals surface area contributed by atoms with Gasteiger partial charge in [-0.1, -0.05) is 40.2 Å². The lowest BCUT2D eigenvalue weighted by atomic mass is 10.2. The molecule has 0 spiro atoms. The van der Waals surface area contributed by atoms with Crippen molar-refractivity contribution >= 4 is 33.6 Å². The Bertz CT molecular complexity index is 720. The molecule has 0 saturated carbocycles. The highest BCUT2D eigenvalue weighted by molar-refractivity contribution is 9.10. The summed E-state index contributed by atoms with van der Waals surface area (Å²) in [4.78, 5) is 14.3. The molecule has 1 amide bonds. The van der Waals surface area contributed by atoms with Gasteiger partial charge in [0, 0.05) is 35.9 Å². The third-order valence-corrected chi connectivity index (χ3v) is 4.61. The summed E-state index contributed by atoms with van der Waals surface area (Å²) in [5.41, 5.74) is 3.28. The zero-order valence-electron chi connectivity index (χ0n) is 14.0. The van der Waals surface area contributed by atoms with Crippen molar-refractivity contribution < 1.29 is 9.53 Å². The summed E-state index contributed by atoms with van der Waals surface area (Å²) in [7, 11) is 0. The quantitative estimate of drug-likeness (QED) is 0.779. The number of ether oxygens (including phenoxy) is 1. The number of amides is 1. The van der Waals surface area contributed by atoms with E-state index >= 15 is 0 Å². The summed E-state index contributed by atoms with van der Waals surface area (Å²) in [5.74, 6) is -0.0971. The Hall–Kier alpha value is -2.11. The second kappa shape index (κ2) is 8.83. The number of nitrogens with zero attached hydrogens (tertiary/aromatic N) is 1. The van der Waals surface area contributed by atoms with Crippen LogP contribution in [0.15, 0.2) is 59.1 Å². The molecule has 5 heteroatoms. The molecule has 0 bridgehead atoms. The van der Waals surface area contributed by atoms with Gasteiger partial charge in [0.15, 0.2) is 0 Å². The molecule has 2 aromatic rings. The van der Waals surface area contributed by atoms with Crippen molar-refractivity contribution in [2.45, 2.75) is 6.54 Å². The number of rotatable bonds is 5. The van der Waals surface area contributed by atoms with Gasteiger partial charge in [-0.2, -0.15) is 0 Å². The lowest BCUT2D eigenvalue weighted by Crippen LogP contribution is -2.36. The van der Waals surface area contributed by atoms with Crippen LogP contribution in [0.2, 0.25) is 0 Å². The predicted octanol–water partition coefficient (Wildman–Crippen LogP) is 3.62. The van der Waals surface area contributed by atoms with Crippen LogP contribution >= 0.6 is 15.9 Å². The normalized spacial score (nSPS) is 14.7. The van der Waals surface area contributed by atoms with Crippen molar-refractivity contribution in [1.29, 1.82) is 0 Å². The fourth-order valence-corrected chi connectivity index (χ4v) is 2.90. The van der Waals surface area contributed by atoms with Crippen LogP contribution in [-0.4, -0.2) is 32.2 Å². The molecule has 1 fully saturated rings. The Kier molecular flexibility index (Phi) is 6.25. The van der Waals surface area contributed by atoms with E-state index in [2.05, 4.69) is 50.4 Å². The number of hydrogen-bond acceptors (Lipinski definition) is 3. The average Bonchev–Trinajstić information content (AvgIpc) is 2.67. The van der Waals surface area contributed by atoms with Crippen LogP contribution in [0, 0.1) is 0 Å². The largest absolute Gasteiger partial charge is 0.378 e. The molecular formula is C20H21BrN2O2.